The van der Waals surface area contributed by atoms with Gasteiger partial charge in [0.2, 0.25) is 11.8 Å². The lowest BCUT2D eigenvalue weighted by atomic mass is 10.0. The third kappa shape index (κ3) is 3.39. The van der Waals surface area contributed by atoms with Gasteiger partial charge in [-0.1, -0.05) is 0 Å². The smallest absolute Gasteiger partial charge is 0.227 e. The number of nitrogens with two attached hydrogens (primary N) is 1. The first kappa shape index (κ1) is 15.4. The number of nitrogens with zero attached hydrogens (tertiary/aromatic N) is 2. The van der Waals surface area contributed by atoms with Crippen molar-refractivity contribution in [1.29, 1.82) is 0 Å². The van der Waals surface area contributed by atoms with Crippen molar-refractivity contribution in [3.63, 3.8) is 0 Å². The summed E-state index contributed by atoms with van der Waals surface area (Å²) in [6.45, 7) is 1.87. The lowest BCUT2D eigenvalue weighted by Crippen LogP contribution is -2.45. The van der Waals surface area contributed by atoms with E-state index in [0.717, 1.165) is 11.3 Å². The van der Waals surface area contributed by atoms with Crippen molar-refractivity contribution in [3.05, 3.63) is 29.6 Å². The predicted octanol–water partition coefficient (Wildman–Crippen LogP) is 0.0157. The van der Waals surface area contributed by atoms with Crippen molar-refractivity contribution in [2.45, 2.75) is 38.3 Å². The van der Waals surface area contributed by atoms with E-state index in [1.165, 1.54) is 4.90 Å². The number of aryl methyl sites for hydroxylation is 1. The van der Waals surface area contributed by atoms with E-state index in [9.17, 15) is 14.7 Å². The number of hydrogen-bond donors (Lipinski definition) is 2. The molecule has 1 heterocycles. The van der Waals surface area contributed by atoms with Crippen LogP contribution >= 0.6 is 0 Å². The summed E-state index contributed by atoms with van der Waals surface area (Å²) in [5, 5.41) is 10.1. The Hall–Kier alpha value is -1.95. The lowest BCUT2D eigenvalue weighted by Gasteiger charge is -2.28. The summed E-state index contributed by atoms with van der Waals surface area (Å²) in [6, 6.07) is 3.32. The molecule has 1 aliphatic rings. The first-order valence-corrected chi connectivity index (χ1v) is 7.04. The zero-order chi connectivity index (χ0) is 15.6. The van der Waals surface area contributed by atoms with Gasteiger partial charge in [0.05, 0.1) is 24.5 Å². The van der Waals surface area contributed by atoms with E-state index < -0.39 is 17.9 Å². The standard InChI is InChI=1S/C15H21N3O3/c1-9-7-10(5-6-17-9)8-13(19)18(2)12-4-3-11(14(12)20)15(16)21/h5-7,11-12,14,20H,3-4,8H2,1-2H3,(H2,16,21)/t11-,12-,14+/m1/s1. The maximum Gasteiger partial charge on any atom is 0.227 e. The van der Waals surface area contributed by atoms with Crippen LogP contribution in [0.15, 0.2) is 18.3 Å². The van der Waals surface area contributed by atoms with E-state index >= 15 is 0 Å². The lowest BCUT2D eigenvalue weighted by molar-refractivity contribution is -0.135. The Morgan fingerprint density at radius 3 is 2.76 bits per heavy atom. The van der Waals surface area contributed by atoms with Crippen molar-refractivity contribution >= 4 is 11.8 Å². The first-order valence-electron chi connectivity index (χ1n) is 7.04. The summed E-state index contributed by atoms with van der Waals surface area (Å²) in [5.74, 6) is -1.15. The van der Waals surface area contributed by atoms with Gasteiger partial charge in [0.25, 0.3) is 0 Å². The average Bonchev–Trinajstić information content (AvgIpc) is 2.79. The molecule has 21 heavy (non-hydrogen) atoms. The molecule has 1 fully saturated rings. The van der Waals surface area contributed by atoms with Gasteiger partial charge in [0, 0.05) is 18.9 Å². The van der Waals surface area contributed by atoms with Crippen LogP contribution in [0, 0.1) is 12.8 Å². The number of hydrogen-bond acceptors (Lipinski definition) is 4. The normalized spacial score (nSPS) is 24.8. The molecule has 1 aromatic rings. The minimum atomic E-state index is -0.879. The largest absolute Gasteiger partial charge is 0.390 e. The number of aliphatic hydroxyl groups excluding tert-OH is 1. The van der Waals surface area contributed by atoms with Crippen molar-refractivity contribution in [3.8, 4) is 0 Å². The van der Waals surface area contributed by atoms with E-state index in [2.05, 4.69) is 4.98 Å². The molecule has 6 heteroatoms. The van der Waals surface area contributed by atoms with Crippen LogP contribution < -0.4 is 5.73 Å². The molecule has 0 unspecified atom stereocenters. The monoisotopic (exact) mass is 291 g/mol. The van der Waals surface area contributed by atoms with Crippen LogP contribution in [0.25, 0.3) is 0 Å². The van der Waals surface area contributed by atoms with Crippen LogP contribution in [-0.4, -0.2) is 46.0 Å². The molecule has 114 valence electrons. The molecular weight excluding hydrogens is 270 g/mol. The van der Waals surface area contributed by atoms with Gasteiger partial charge in [-0.05, 0) is 37.5 Å². The molecule has 0 aromatic carbocycles. The van der Waals surface area contributed by atoms with Gasteiger partial charge in [-0.25, -0.2) is 0 Å². The molecule has 2 rings (SSSR count). The van der Waals surface area contributed by atoms with Crippen LogP contribution in [0.3, 0.4) is 0 Å². The number of carbonyl (C=O) groups is 2. The number of aromatic nitrogens is 1. The topological polar surface area (TPSA) is 96.5 Å². The van der Waals surface area contributed by atoms with E-state index in [1.54, 1.807) is 19.3 Å². The Labute approximate surface area is 124 Å². The van der Waals surface area contributed by atoms with Crippen molar-refractivity contribution < 1.29 is 14.7 Å². The molecule has 3 N–H and O–H groups in total. The molecule has 0 saturated heterocycles. The second kappa shape index (κ2) is 6.22. The van der Waals surface area contributed by atoms with Gasteiger partial charge in [-0.2, -0.15) is 0 Å². The summed E-state index contributed by atoms with van der Waals surface area (Å²) < 4.78 is 0. The second-order valence-corrected chi connectivity index (χ2v) is 5.63. The van der Waals surface area contributed by atoms with Crippen molar-refractivity contribution in [1.82, 2.24) is 9.88 Å². The van der Waals surface area contributed by atoms with Gasteiger partial charge >= 0.3 is 0 Å². The van der Waals surface area contributed by atoms with Crippen LogP contribution in [0.1, 0.15) is 24.1 Å². The maximum absolute atomic E-state index is 12.3. The number of rotatable bonds is 4. The fourth-order valence-corrected chi connectivity index (χ4v) is 2.89. The average molecular weight is 291 g/mol. The molecule has 0 radical (unpaired) electrons. The van der Waals surface area contributed by atoms with Crippen LogP contribution in [0.2, 0.25) is 0 Å². The second-order valence-electron chi connectivity index (χ2n) is 5.63. The minimum absolute atomic E-state index is 0.0882. The van der Waals surface area contributed by atoms with Gasteiger partial charge < -0.3 is 15.7 Å². The van der Waals surface area contributed by atoms with Gasteiger partial charge in [0.15, 0.2) is 0 Å². The SMILES string of the molecule is Cc1cc(CC(=O)N(C)[C@@H]2CC[C@@H](C(N)=O)[C@@H]2O)ccn1. The molecule has 0 aliphatic heterocycles. The Bertz CT molecular complexity index is 547. The molecule has 1 aromatic heterocycles. The van der Waals surface area contributed by atoms with E-state index in [-0.39, 0.29) is 18.4 Å². The fraction of sp³-hybridized carbons (Fsp3) is 0.533. The Balaban J connectivity index is 2.01. The summed E-state index contributed by atoms with van der Waals surface area (Å²) in [6.07, 6.45) is 2.16. The van der Waals surface area contributed by atoms with Crippen LogP contribution in [-0.2, 0) is 16.0 Å². The molecular formula is C15H21N3O3. The molecule has 1 saturated carbocycles. The van der Waals surface area contributed by atoms with Gasteiger partial charge in [0.1, 0.15) is 0 Å². The number of likely N-dealkylation sites (N-methyl/N-ethyl adjacent to an activating group) is 1. The van der Waals surface area contributed by atoms with Gasteiger partial charge in [-0.3, -0.25) is 14.6 Å². The van der Waals surface area contributed by atoms with Crippen LogP contribution in [0.5, 0.6) is 0 Å². The molecule has 1 aliphatic carbocycles. The molecule has 3 atom stereocenters. The fourth-order valence-electron chi connectivity index (χ4n) is 2.89. The van der Waals surface area contributed by atoms with Crippen molar-refractivity contribution in [2.75, 3.05) is 7.05 Å². The molecule has 6 nitrogen and oxygen atoms in total. The molecule has 0 spiro atoms. The number of aliphatic hydroxyl groups is 1. The third-order valence-electron chi connectivity index (χ3n) is 4.15. The summed E-state index contributed by atoms with van der Waals surface area (Å²) in [4.78, 5) is 29.2. The van der Waals surface area contributed by atoms with Gasteiger partial charge in [-0.15, -0.1) is 0 Å². The number of carbonyl (C=O) groups excluding carboxylic acids is 2. The summed E-state index contributed by atoms with van der Waals surface area (Å²) in [7, 11) is 1.66. The molecule has 2 amide bonds. The Morgan fingerprint density at radius 2 is 2.19 bits per heavy atom. The summed E-state index contributed by atoms with van der Waals surface area (Å²) >= 11 is 0. The van der Waals surface area contributed by atoms with E-state index in [4.69, 9.17) is 5.73 Å². The number of amides is 2. The van der Waals surface area contributed by atoms with E-state index in [0.29, 0.717) is 12.8 Å². The Morgan fingerprint density at radius 1 is 1.48 bits per heavy atom. The highest BCUT2D eigenvalue weighted by Gasteiger charge is 2.41. The highest BCUT2D eigenvalue weighted by atomic mass is 16.3. The number of primary amides is 1. The minimum Gasteiger partial charge on any atom is -0.390 e. The number of pyridine rings is 1. The highest BCUT2D eigenvalue weighted by molar-refractivity contribution is 5.80. The van der Waals surface area contributed by atoms with Crippen LogP contribution in [0.4, 0.5) is 0 Å². The van der Waals surface area contributed by atoms with E-state index in [1.807, 2.05) is 13.0 Å². The summed E-state index contributed by atoms with van der Waals surface area (Å²) in [5.41, 5.74) is 7.00. The zero-order valence-corrected chi connectivity index (χ0v) is 12.3. The zero-order valence-electron chi connectivity index (χ0n) is 12.3. The quantitative estimate of drug-likeness (QED) is 0.817. The first-order chi connectivity index (χ1) is 9.90. The predicted molar refractivity (Wildman–Crippen MR) is 77.2 cm³/mol. The third-order valence-corrected chi connectivity index (χ3v) is 4.15. The molecule has 0 bridgehead atoms. The highest BCUT2D eigenvalue weighted by Crippen LogP contribution is 2.29. The Kier molecular flexibility index (Phi) is 4.57. The maximum atomic E-state index is 12.3. The van der Waals surface area contributed by atoms with Crippen molar-refractivity contribution in [2.24, 2.45) is 11.7 Å².